The van der Waals surface area contributed by atoms with Gasteiger partial charge in [-0.1, -0.05) is 18.5 Å². The molecule has 1 aromatic heterocycles. The van der Waals surface area contributed by atoms with Gasteiger partial charge in [0, 0.05) is 22.7 Å². The number of anilines is 1. The normalized spacial score (nSPS) is 14.4. The Morgan fingerprint density at radius 3 is 2.50 bits per heavy atom. The van der Waals surface area contributed by atoms with E-state index in [1.54, 1.807) is 30.3 Å². The molecule has 0 amide bonds. The molecule has 1 aliphatic rings. The molecule has 2 heterocycles. The van der Waals surface area contributed by atoms with E-state index in [4.69, 9.17) is 25.5 Å². The third-order valence-corrected chi connectivity index (χ3v) is 6.67. The Labute approximate surface area is 179 Å². The van der Waals surface area contributed by atoms with E-state index in [1.165, 1.54) is 12.1 Å². The van der Waals surface area contributed by atoms with Gasteiger partial charge in [0.1, 0.15) is 13.2 Å². The summed E-state index contributed by atoms with van der Waals surface area (Å²) in [7, 11) is -3.98. The number of aromatic nitrogens is 1. The molecule has 7 nitrogen and oxygen atoms in total. The van der Waals surface area contributed by atoms with Crippen LogP contribution in [0.5, 0.6) is 11.5 Å². The van der Waals surface area contributed by atoms with Gasteiger partial charge in [-0.25, -0.2) is 8.42 Å². The average Bonchev–Trinajstić information content (AvgIpc) is 3.18. The van der Waals surface area contributed by atoms with Gasteiger partial charge in [0.2, 0.25) is 26.6 Å². The fourth-order valence-electron chi connectivity index (χ4n) is 2.92. The lowest BCUT2D eigenvalue weighted by molar-refractivity contribution is 0.171. The molecule has 1 atom stereocenters. The number of ether oxygens (including phenoxy) is 2. The lowest BCUT2D eigenvalue weighted by Gasteiger charge is -2.18. The van der Waals surface area contributed by atoms with Crippen LogP contribution in [0.2, 0.25) is 5.02 Å². The third-order valence-electron chi connectivity index (χ3n) is 4.76. The molecule has 1 unspecified atom stereocenters. The minimum Gasteiger partial charge on any atom is -0.486 e. The lowest BCUT2D eigenvalue weighted by Crippen LogP contribution is -2.17. The summed E-state index contributed by atoms with van der Waals surface area (Å²) in [6, 6.07) is 11.3. The summed E-state index contributed by atoms with van der Waals surface area (Å²) < 4.78 is 43.7. The minimum absolute atomic E-state index is 0.00904. The highest BCUT2D eigenvalue weighted by molar-refractivity contribution is 7.91. The molecule has 1 N–H and O–H groups in total. The van der Waals surface area contributed by atoms with Gasteiger partial charge in [-0.2, -0.15) is 4.98 Å². The van der Waals surface area contributed by atoms with Crippen LogP contribution in [-0.4, -0.2) is 32.7 Å². The first-order valence-electron chi connectivity index (χ1n) is 9.56. The number of nitrogens with zero attached hydrogens (tertiary/aromatic N) is 1. The van der Waals surface area contributed by atoms with Gasteiger partial charge in [-0.15, -0.1) is 0 Å². The molecule has 0 saturated heterocycles. The SMILES string of the molecule is CCC(C)Nc1oc(-c2ccc(Cl)cc2)nc1S(=O)(=O)c1ccc2c(c1)OCCO2. The average molecular weight is 449 g/mol. The molecule has 0 saturated carbocycles. The van der Waals surface area contributed by atoms with Gasteiger partial charge in [-0.3, -0.25) is 0 Å². The van der Waals surface area contributed by atoms with Crippen LogP contribution in [0, 0.1) is 0 Å². The number of fused-ring (bicyclic) bond motifs is 1. The Hall–Kier alpha value is -2.71. The van der Waals surface area contributed by atoms with Gasteiger partial charge in [0.25, 0.3) is 0 Å². The predicted octanol–water partition coefficient (Wildman–Crippen LogP) is 4.81. The van der Waals surface area contributed by atoms with Gasteiger partial charge in [0.05, 0.1) is 4.90 Å². The number of benzene rings is 2. The number of halogens is 1. The van der Waals surface area contributed by atoms with Gasteiger partial charge >= 0.3 is 0 Å². The van der Waals surface area contributed by atoms with Crippen molar-refractivity contribution in [2.45, 2.75) is 36.2 Å². The summed E-state index contributed by atoms with van der Waals surface area (Å²) in [6.07, 6.45) is 0.778. The van der Waals surface area contributed by atoms with Gasteiger partial charge < -0.3 is 19.2 Å². The Morgan fingerprint density at radius 2 is 1.80 bits per heavy atom. The zero-order valence-corrected chi connectivity index (χ0v) is 18.1. The minimum atomic E-state index is -3.98. The van der Waals surface area contributed by atoms with Crippen molar-refractivity contribution in [3.8, 4) is 23.0 Å². The van der Waals surface area contributed by atoms with Crippen LogP contribution >= 0.6 is 11.6 Å². The Morgan fingerprint density at radius 1 is 1.10 bits per heavy atom. The quantitative estimate of drug-likeness (QED) is 0.578. The van der Waals surface area contributed by atoms with Crippen LogP contribution in [0.3, 0.4) is 0 Å². The van der Waals surface area contributed by atoms with Crippen LogP contribution in [0.1, 0.15) is 20.3 Å². The maximum atomic E-state index is 13.4. The van der Waals surface area contributed by atoms with Crippen molar-refractivity contribution < 1.29 is 22.3 Å². The highest BCUT2D eigenvalue weighted by Gasteiger charge is 2.30. The largest absolute Gasteiger partial charge is 0.486 e. The molecule has 30 heavy (non-hydrogen) atoms. The molecule has 3 aromatic rings. The molecule has 0 fully saturated rings. The van der Waals surface area contributed by atoms with E-state index >= 15 is 0 Å². The molecule has 2 aromatic carbocycles. The van der Waals surface area contributed by atoms with E-state index < -0.39 is 9.84 Å². The summed E-state index contributed by atoms with van der Waals surface area (Å²) in [5, 5.41) is 3.50. The van der Waals surface area contributed by atoms with E-state index in [9.17, 15) is 8.42 Å². The molecule has 9 heteroatoms. The summed E-state index contributed by atoms with van der Waals surface area (Å²) in [6.45, 7) is 4.71. The Kier molecular flexibility index (Phi) is 5.62. The Balaban J connectivity index is 1.80. The zero-order valence-electron chi connectivity index (χ0n) is 16.5. The van der Waals surface area contributed by atoms with Gasteiger partial charge in [0.15, 0.2) is 11.5 Å². The van der Waals surface area contributed by atoms with Crippen LogP contribution < -0.4 is 14.8 Å². The van der Waals surface area contributed by atoms with Crippen molar-refractivity contribution >= 4 is 27.3 Å². The zero-order chi connectivity index (χ0) is 21.3. The topological polar surface area (TPSA) is 90.7 Å². The van der Waals surface area contributed by atoms with Crippen LogP contribution in [-0.2, 0) is 9.84 Å². The van der Waals surface area contributed by atoms with E-state index in [0.717, 1.165) is 6.42 Å². The highest BCUT2D eigenvalue weighted by atomic mass is 35.5. The molecule has 0 aliphatic carbocycles. The van der Waals surface area contributed by atoms with E-state index in [-0.39, 0.29) is 27.7 Å². The molecule has 0 bridgehead atoms. The molecular formula is C21H21ClN2O5S. The predicted molar refractivity (Wildman–Crippen MR) is 113 cm³/mol. The fraction of sp³-hybridized carbons (Fsp3) is 0.286. The highest BCUT2D eigenvalue weighted by Crippen LogP contribution is 2.37. The van der Waals surface area contributed by atoms with Crippen molar-refractivity contribution in [1.82, 2.24) is 4.98 Å². The second-order valence-electron chi connectivity index (χ2n) is 6.92. The second-order valence-corrected chi connectivity index (χ2v) is 9.22. The number of sulfone groups is 1. The standard InChI is InChI=1S/C21H21ClN2O5S/c1-3-13(2)23-20-21(24-19(29-20)14-4-6-15(22)7-5-14)30(25,26)16-8-9-17-18(12-16)28-11-10-27-17/h4-9,12-13,23H,3,10-11H2,1-2H3. The number of hydrogen-bond donors (Lipinski definition) is 1. The number of oxazole rings is 1. The fourth-order valence-corrected chi connectivity index (χ4v) is 4.33. The van der Waals surface area contributed by atoms with Crippen molar-refractivity contribution in [1.29, 1.82) is 0 Å². The lowest BCUT2D eigenvalue weighted by atomic mass is 10.2. The first-order chi connectivity index (χ1) is 14.4. The molecule has 1 aliphatic heterocycles. The smallest absolute Gasteiger partial charge is 0.234 e. The molecule has 0 spiro atoms. The van der Waals surface area contributed by atoms with Crippen molar-refractivity contribution in [2.75, 3.05) is 18.5 Å². The number of nitrogens with one attached hydrogen (secondary N) is 1. The number of rotatable bonds is 6. The van der Waals surface area contributed by atoms with Crippen molar-refractivity contribution in [2.24, 2.45) is 0 Å². The molecule has 0 radical (unpaired) electrons. The van der Waals surface area contributed by atoms with Crippen molar-refractivity contribution in [3.63, 3.8) is 0 Å². The molecule has 158 valence electrons. The Bertz CT molecular complexity index is 1160. The summed E-state index contributed by atoms with van der Waals surface area (Å²) in [5.41, 5.74) is 0.621. The van der Waals surface area contributed by atoms with E-state index in [2.05, 4.69) is 10.3 Å². The van der Waals surface area contributed by atoms with E-state index in [1.807, 2.05) is 13.8 Å². The van der Waals surface area contributed by atoms with Gasteiger partial charge in [-0.05, 0) is 49.7 Å². The van der Waals surface area contributed by atoms with Crippen LogP contribution in [0.25, 0.3) is 11.5 Å². The second kappa shape index (κ2) is 8.20. The summed E-state index contributed by atoms with van der Waals surface area (Å²) in [4.78, 5) is 4.38. The first-order valence-corrected chi connectivity index (χ1v) is 11.4. The first kappa shape index (κ1) is 20.6. The van der Waals surface area contributed by atoms with E-state index in [0.29, 0.717) is 35.3 Å². The number of hydrogen-bond acceptors (Lipinski definition) is 7. The maximum absolute atomic E-state index is 13.4. The van der Waals surface area contributed by atoms with Crippen molar-refractivity contribution in [3.05, 3.63) is 47.5 Å². The van der Waals surface area contributed by atoms with Crippen LogP contribution in [0.4, 0.5) is 5.88 Å². The summed E-state index contributed by atoms with van der Waals surface area (Å²) in [5.74, 6) is 1.19. The molecule has 4 rings (SSSR count). The summed E-state index contributed by atoms with van der Waals surface area (Å²) >= 11 is 5.95. The molecular weight excluding hydrogens is 428 g/mol. The van der Waals surface area contributed by atoms with Crippen LogP contribution in [0.15, 0.2) is 56.8 Å². The third kappa shape index (κ3) is 3.97. The monoisotopic (exact) mass is 448 g/mol. The maximum Gasteiger partial charge on any atom is 0.234 e.